The van der Waals surface area contributed by atoms with Crippen LogP contribution in [0.25, 0.3) is 5.69 Å². The van der Waals surface area contributed by atoms with Crippen LogP contribution in [0.1, 0.15) is 11.3 Å². The van der Waals surface area contributed by atoms with Gasteiger partial charge in [0.2, 0.25) is 0 Å². The molecule has 0 unspecified atom stereocenters. The van der Waals surface area contributed by atoms with E-state index in [1.54, 1.807) is 13.1 Å². The average Bonchev–Trinajstić information content (AvgIpc) is 2.63. The van der Waals surface area contributed by atoms with E-state index in [0.717, 1.165) is 12.1 Å². The summed E-state index contributed by atoms with van der Waals surface area (Å²) in [5.41, 5.74) is 0.334. The first kappa shape index (κ1) is 12.3. The first-order valence-electron chi connectivity index (χ1n) is 4.64. The van der Waals surface area contributed by atoms with E-state index in [0.29, 0.717) is 15.0 Å². The molecule has 90 valence electrons. The van der Waals surface area contributed by atoms with Gasteiger partial charge in [-0.15, -0.1) is 5.10 Å². The van der Waals surface area contributed by atoms with Crippen molar-refractivity contribution in [3.63, 3.8) is 0 Å². The van der Waals surface area contributed by atoms with Crippen LogP contribution in [0, 0.1) is 10.5 Å². The number of rotatable bonds is 1. The van der Waals surface area contributed by atoms with E-state index in [1.807, 2.05) is 22.6 Å². The lowest BCUT2D eigenvalue weighted by Gasteiger charge is -2.10. The summed E-state index contributed by atoms with van der Waals surface area (Å²) in [6, 6.07) is 3.53. The minimum Gasteiger partial charge on any atom is -0.219 e. The predicted molar refractivity (Wildman–Crippen MR) is 63.8 cm³/mol. The van der Waals surface area contributed by atoms with E-state index >= 15 is 0 Å². The van der Waals surface area contributed by atoms with Crippen molar-refractivity contribution in [2.75, 3.05) is 0 Å². The summed E-state index contributed by atoms with van der Waals surface area (Å²) >= 11 is 1.96. The number of hydrogen-bond donors (Lipinski definition) is 0. The number of hydrogen-bond acceptors (Lipinski definition) is 2. The fourth-order valence-corrected chi connectivity index (χ4v) is 1.91. The number of aryl methyl sites for hydroxylation is 1. The normalized spacial score (nSPS) is 11.8. The van der Waals surface area contributed by atoms with Crippen molar-refractivity contribution < 1.29 is 13.2 Å². The van der Waals surface area contributed by atoms with E-state index in [-0.39, 0.29) is 0 Å². The molecule has 1 aromatic carbocycles. The fraction of sp³-hybridized carbons (Fsp3) is 0.200. The van der Waals surface area contributed by atoms with Gasteiger partial charge in [0, 0.05) is 3.57 Å². The Kier molecular flexibility index (Phi) is 3.11. The Morgan fingerprint density at radius 2 is 2.00 bits per heavy atom. The lowest BCUT2D eigenvalue weighted by molar-refractivity contribution is -0.137. The minimum atomic E-state index is -4.35. The largest absolute Gasteiger partial charge is 0.416 e. The van der Waals surface area contributed by atoms with Crippen LogP contribution in [0.4, 0.5) is 13.2 Å². The second-order valence-electron chi connectivity index (χ2n) is 3.47. The molecule has 0 radical (unpaired) electrons. The Balaban J connectivity index is 2.54. The molecule has 3 nitrogen and oxygen atoms in total. The second kappa shape index (κ2) is 4.28. The molecule has 0 fully saturated rings. The Hall–Kier alpha value is -1.12. The van der Waals surface area contributed by atoms with Gasteiger partial charge in [-0.05, 0) is 47.7 Å². The molecule has 0 saturated carbocycles. The SMILES string of the molecule is Cc1cn(-c2cc(C(F)(F)F)ccc2I)nn1. The number of aromatic nitrogens is 3. The quantitative estimate of drug-likeness (QED) is 0.738. The van der Waals surface area contributed by atoms with Gasteiger partial charge in [-0.1, -0.05) is 5.21 Å². The Morgan fingerprint density at radius 1 is 1.29 bits per heavy atom. The molecule has 2 rings (SSSR count). The predicted octanol–water partition coefficient (Wildman–Crippen LogP) is 3.20. The summed E-state index contributed by atoms with van der Waals surface area (Å²) in [6.07, 6.45) is -2.77. The highest BCUT2D eigenvalue weighted by molar-refractivity contribution is 14.1. The third-order valence-electron chi connectivity index (χ3n) is 2.13. The maximum Gasteiger partial charge on any atom is 0.416 e. The van der Waals surface area contributed by atoms with Gasteiger partial charge in [0.1, 0.15) is 0 Å². The molecule has 0 atom stereocenters. The van der Waals surface area contributed by atoms with Crippen LogP contribution in [0.2, 0.25) is 0 Å². The van der Waals surface area contributed by atoms with Gasteiger partial charge in [-0.2, -0.15) is 13.2 Å². The van der Waals surface area contributed by atoms with Crippen LogP contribution in [0.15, 0.2) is 24.4 Å². The highest BCUT2D eigenvalue weighted by atomic mass is 127. The van der Waals surface area contributed by atoms with E-state index in [1.165, 1.54) is 10.7 Å². The zero-order valence-corrected chi connectivity index (χ0v) is 10.8. The van der Waals surface area contributed by atoms with Gasteiger partial charge in [-0.25, -0.2) is 4.68 Å². The van der Waals surface area contributed by atoms with Crippen LogP contribution in [-0.4, -0.2) is 15.0 Å². The van der Waals surface area contributed by atoms with E-state index in [9.17, 15) is 13.2 Å². The topological polar surface area (TPSA) is 30.7 Å². The Labute approximate surface area is 109 Å². The first-order valence-corrected chi connectivity index (χ1v) is 5.72. The molecule has 0 aliphatic rings. The van der Waals surface area contributed by atoms with Crippen LogP contribution >= 0.6 is 22.6 Å². The molecular weight excluding hydrogens is 346 g/mol. The fourth-order valence-electron chi connectivity index (χ4n) is 1.33. The standard InChI is InChI=1S/C10H7F3IN3/c1-6-5-17(16-15-6)9-4-7(10(11,12)13)2-3-8(9)14/h2-5H,1H3. The van der Waals surface area contributed by atoms with Crippen molar-refractivity contribution in [3.8, 4) is 5.69 Å². The molecule has 0 aliphatic carbocycles. The molecule has 1 heterocycles. The Bertz CT molecular complexity index is 548. The lowest BCUT2D eigenvalue weighted by atomic mass is 10.2. The maximum absolute atomic E-state index is 12.6. The Morgan fingerprint density at radius 3 is 2.53 bits per heavy atom. The van der Waals surface area contributed by atoms with Gasteiger partial charge >= 0.3 is 6.18 Å². The molecule has 0 saturated heterocycles. The van der Waals surface area contributed by atoms with Gasteiger partial charge in [0.25, 0.3) is 0 Å². The molecule has 1 aromatic heterocycles. The van der Waals surface area contributed by atoms with Crippen LogP contribution in [0.3, 0.4) is 0 Å². The minimum absolute atomic E-state index is 0.376. The summed E-state index contributed by atoms with van der Waals surface area (Å²) in [7, 11) is 0. The number of halogens is 4. The molecule has 0 aliphatic heterocycles. The highest BCUT2D eigenvalue weighted by Crippen LogP contribution is 2.31. The van der Waals surface area contributed by atoms with Crippen molar-refractivity contribution in [1.82, 2.24) is 15.0 Å². The number of nitrogens with zero attached hydrogens (tertiary/aromatic N) is 3. The summed E-state index contributed by atoms with van der Waals surface area (Å²) < 4.78 is 39.7. The van der Waals surface area contributed by atoms with Gasteiger partial charge in [-0.3, -0.25) is 0 Å². The highest BCUT2D eigenvalue weighted by Gasteiger charge is 2.31. The van der Waals surface area contributed by atoms with E-state index in [4.69, 9.17) is 0 Å². The van der Waals surface area contributed by atoms with Crippen molar-refractivity contribution in [3.05, 3.63) is 39.2 Å². The monoisotopic (exact) mass is 353 g/mol. The van der Waals surface area contributed by atoms with E-state index < -0.39 is 11.7 Å². The summed E-state index contributed by atoms with van der Waals surface area (Å²) in [6.45, 7) is 1.73. The molecular formula is C10H7F3IN3. The van der Waals surface area contributed by atoms with Crippen LogP contribution in [-0.2, 0) is 6.18 Å². The number of benzene rings is 1. The van der Waals surface area contributed by atoms with Crippen molar-refractivity contribution in [2.45, 2.75) is 13.1 Å². The molecule has 0 bridgehead atoms. The molecule has 0 amide bonds. The summed E-state index contributed by atoms with van der Waals surface area (Å²) in [4.78, 5) is 0. The molecule has 0 spiro atoms. The van der Waals surface area contributed by atoms with Gasteiger partial charge in [0.15, 0.2) is 0 Å². The van der Waals surface area contributed by atoms with Crippen LogP contribution in [0.5, 0.6) is 0 Å². The first-order chi connectivity index (χ1) is 7.88. The third kappa shape index (κ3) is 2.59. The van der Waals surface area contributed by atoms with Crippen molar-refractivity contribution >= 4 is 22.6 Å². The summed E-state index contributed by atoms with van der Waals surface area (Å²) in [5.74, 6) is 0. The smallest absolute Gasteiger partial charge is 0.219 e. The lowest BCUT2D eigenvalue weighted by Crippen LogP contribution is -2.07. The van der Waals surface area contributed by atoms with Crippen molar-refractivity contribution in [2.24, 2.45) is 0 Å². The molecule has 7 heteroatoms. The molecule has 17 heavy (non-hydrogen) atoms. The van der Waals surface area contributed by atoms with Crippen molar-refractivity contribution in [1.29, 1.82) is 0 Å². The third-order valence-corrected chi connectivity index (χ3v) is 3.04. The zero-order chi connectivity index (χ0) is 12.6. The maximum atomic E-state index is 12.6. The number of alkyl halides is 3. The molecule has 2 aromatic rings. The van der Waals surface area contributed by atoms with E-state index in [2.05, 4.69) is 10.3 Å². The van der Waals surface area contributed by atoms with Gasteiger partial charge < -0.3 is 0 Å². The average molecular weight is 353 g/mol. The second-order valence-corrected chi connectivity index (χ2v) is 4.63. The van der Waals surface area contributed by atoms with Gasteiger partial charge in [0.05, 0.1) is 23.1 Å². The summed E-state index contributed by atoms with van der Waals surface area (Å²) in [5, 5.41) is 7.52. The molecule has 0 N–H and O–H groups in total. The zero-order valence-electron chi connectivity index (χ0n) is 8.66. The van der Waals surface area contributed by atoms with Crippen LogP contribution < -0.4 is 0 Å².